The zero-order chi connectivity index (χ0) is 10.3. The van der Waals surface area contributed by atoms with Crippen molar-refractivity contribution < 1.29 is 14.7 Å². The number of carboxylic acids is 1. The zero-order valence-electron chi connectivity index (χ0n) is 8.17. The Morgan fingerprint density at radius 3 is 2.38 bits per heavy atom. The highest BCUT2D eigenvalue weighted by Crippen LogP contribution is 2.01. The number of rotatable bonds is 7. The summed E-state index contributed by atoms with van der Waals surface area (Å²) >= 11 is 0. The van der Waals surface area contributed by atoms with Crippen LogP contribution in [0.25, 0.3) is 0 Å². The lowest BCUT2D eigenvalue weighted by Gasteiger charge is -2.14. The number of carbonyl (C=O) groups excluding carboxylic acids is 1. The molecular formula is C9H17NO3. The van der Waals surface area contributed by atoms with E-state index in [-0.39, 0.29) is 18.2 Å². The third kappa shape index (κ3) is 5.36. The van der Waals surface area contributed by atoms with Crippen molar-refractivity contribution in [1.29, 1.82) is 0 Å². The lowest BCUT2D eigenvalue weighted by Crippen LogP contribution is -2.36. The summed E-state index contributed by atoms with van der Waals surface area (Å²) in [6.45, 7) is 4.38. The molecule has 0 radical (unpaired) electrons. The van der Waals surface area contributed by atoms with Crippen LogP contribution in [0.4, 0.5) is 0 Å². The Kier molecular flexibility index (Phi) is 6.14. The molecule has 4 heteroatoms. The largest absolute Gasteiger partial charge is 0.481 e. The summed E-state index contributed by atoms with van der Waals surface area (Å²) in [7, 11) is 0. The normalized spacial score (nSPS) is 12.5. The van der Waals surface area contributed by atoms with Gasteiger partial charge in [-0.3, -0.25) is 9.59 Å². The molecule has 0 aliphatic heterocycles. The molecule has 0 saturated carbocycles. The van der Waals surface area contributed by atoms with Crippen molar-refractivity contribution in [3.05, 3.63) is 0 Å². The van der Waals surface area contributed by atoms with E-state index in [1.54, 1.807) is 6.92 Å². The zero-order valence-corrected chi connectivity index (χ0v) is 8.17. The lowest BCUT2D eigenvalue weighted by molar-refractivity contribution is -0.137. The van der Waals surface area contributed by atoms with Gasteiger partial charge in [0.1, 0.15) is 5.78 Å². The van der Waals surface area contributed by atoms with Gasteiger partial charge in [-0.25, -0.2) is 0 Å². The fourth-order valence-electron chi connectivity index (χ4n) is 1.14. The molecule has 0 aliphatic rings. The topological polar surface area (TPSA) is 66.4 Å². The molecule has 0 heterocycles. The quantitative estimate of drug-likeness (QED) is 0.619. The second-order valence-electron chi connectivity index (χ2n) is 2.86. The van der Waals surface area contributed by atoms with Gasteiger partial charge >= 0.3 is 5.97 Å². The number of nitrogens with one attached hydrogen (secondary N) is 1. The molecule has 13 heavy (non-hydrogen) atoms. The maximum atomic E-state index is 11.3. The van der Waals surface area contributed by atoms with Gasteiger partial charge in [-0.15, -0.1) is 0 Å². The second kappa shape index (κ2) is 6.60. The van der Waals surface area contributed by atoms with Gasteiger partial charge in [0.05, 0.1) is 6.04 Å². The van der Waals surface area contributed by atoms with Gasteiger partial charge in [-0.2, -0.15) is 0 Å². The Balaban J connectivity index is 3.93. The van der Waals surface area contributed by atoms with E-state index in [4.69, 9.17) is 5.11 Å². The molecule has 0 amide bonds. The van der Waals surface area contributed by atoms with E-state index in [1.165, 1.54) is 0 Å². The Labute approximate surface area is 78.3 Å². The molecule has 0 saturated heterocycles. The summed E-state index contributed by atoms with van der Waals surface area (Å²) in [6.07, 6.45) is 0.885. The fraction of sp³-hybridized carbons (Fsp3) is 0.778. The van der Waals surface area contributed by atoms with Crippen molar-refractivity contribution >= 4 is 11.8 Å². The molecule has 0 aromatic heterocycles. The van der Waals surface area contributed by atoms with E-state index < -0.39 is 5.97 Å². The first-order valence-electron chi connectivity index (χ1n) is 4.59. The minimum Gasteiger partial charge on any atom is -0.481 e. The first-order valence-corrected chi connectivity index (χ1v) is 4.59. The van der Waals surface area contributed by atoms with E-state index in [9.17, 15) is 9.59 Å². The van der Waals surface area contributed by atoms with Gasteiger partial charge in [0, 0.05) is 12.8 Å². The number of hydrogen-bond acceptors (Lipinski definition) is 3. The van der Waals surface area contributed by atoms with Crippen LogP contribution in [0.2, 0.25) is 0 Å². The predicted octanol–water partition coefficient (Wildman–Crippen LogP) is 0.808. The fourth-order valence-corrected chi connectivity index (χ4v) is 1.14. The van der Waals surface area contributed by atoms with Crippen molar-refractivity contribution in [3.8, 4) is 0 Å². The highest BCUT2D eigenvalue weighted by atomic mass is 16.4. The third-order valence-corrected chi connectivity index (χ3v) is 1.83. The number of aliphatic carboxylic acids is 1. The molecule has 0 spiro atoms. The van der Waals surface area contributed by atoms with Crippen LogP contribution in [-0.2, 0) is 9.59 Å². The van der Waals surface area contributed by atoms with E-state index in [0.717, 1.165) is 0 Å². The van der Waals surface area contributed by atoms with Gasteiger partial charge in [-0.05, 0) is 13.0 Å². The number of Topliss-reactive ketones (excluding diaryl/α,β-unsaturated/α-hetero) is 1. The van der Waals surface area contributed by atoms with Gasteiger partial charge < -0.3 is 10.4 Å². The molecule has 0 aliphatic carbocycles. The smallest absolute Gasteiger partial charge is 0.303 e. The predicted molar refractivity (Wildman–Crippen MR) is 49.6 cm³/mol. The summed E-state index contributed by atoms with van der Waals surface area (Å²) in [5.74, 6) is -0.769. The molecule has 0 bridgehead atoms. The van der Waals surface area contributed by atoms with Crippen molar-refractivity contribution in [2.45, 2.75) is 39.2 Å². The standard InChI is InChI=1S/C9H17NO3/c1-3-8(11)7(10-4-2)5-6-9(12)13/h7,10H,3-6H2,1-2H3,(H,12,13)/t7-/m0/s1. The van der Waals surface area contributed by atoms with E-state index in [0.29, 0.717) is 19.4 Å². The summed E-state index contributed by atoms with van der Waals surface area (Å²) in [6, 6.07) is -0.286. The molecule has 0 aromatic rings. The average Bonchev–Trinajstić information content (AvgIpc) is 2.10. The van der Waals surface area contributed by atoms with Gasteiger partial charge in [0.2, 0.25) is 0 Å². The summed E-state index contributed by atoms with van der Waals surface area (Å²) in [4.78, 5) is 21.5. The molecule has 0 unspecified atom stereocenters. The molecule has 0 fully saturated rings. The molecular weight excluding hydrogens is 170 g/mol. The highest BCUT2D eigenvalue weighted by molar-refractivity contribution is 5.84. The van der Waals surface area contributed by atoms with Crippen LogP contribution in [0.5, 0.6) is 0 Å². The summed E-state index contributed by atoms with van der Waals surface area (Å²) in [5, 5.41) is 11.4. The van der Waals surface area contributed by atoms with Crippen LogP contribution < -0.4 is 5.32 Å². The second-order valence-corrected chi connectivity index (χ2v) is 2.86. The molecule has 4 nitrogen and oxygen atoms in total. The molecule has 1 atom stereocenters. The first kappa shape index (κ1) is 12.1. The number of ketones is 1. The molecule has 76 valence electrons. The number of carbonyl (C=O) groups is 2. The Bertz CT molecular complexity index is 180. The van der Waals surface area contributed by atoms with Crippen LogP contribution in [-0.4, -0.2) is 29.4 Å². The van der Waals surface area contributed by atoms with Crippen molar-refractivity contribution in [2.75, 3.05) is 6.54 Å². The minimum atomic E-state index is -0.855. The van der Waals surface area contributed by atoms with Crippen LogP contribution in [0.3, 0.4) is 0 Å². The summed E-state index contributed by atoms with van der Waals surface area (Å²) < 4.78 is 0. The summed E-state index contributed by atoms with van der Waals surface area (Å²) in [5.41, 5.74) is 0. The Morgan fingerprint density at radius 1 is 1.38 bits per heavy atom. The van der Waals surface area contributed by atoms with Crippen molar-refractivity contribution in [2.24, 2.45) is 0 Å². The average molecular weight is 187 g/mol. The first-order chi connectivity index (χ1) is 6.11. The molecule has 0 rings (SSSR count). The number of likely N-dealkylation sites (N-methyl/N-ethyl adjacent to an activating group) is 1. The van der Waals surface area contributed by atoms with Crippen LogP contribution >= 0.6 is 0 Å². The highest BCUT2D eigenvalue weighted by Gasteiger charge is 2.15. The SMILES string of the molecule is CCN[C@@H](CCC(=O)O)C(=O)CC. The molecule has 0 aromatic carbocycles. The Hall–Kier alpha value is -0.900. The minimum absolute atomic E-state index is 0.0450. The lowest BCUT2D eigenvalue weighted by atomic mass is 10.1. The van der Waals surface area contributed by atoms with E-state index in [1.807, 2.05) is 6.92 Å². The maximum absolute atomic E-state index is 11.3. The van der Waals surface area contributed by atoms with Gasteiger partial charge in [0.25, 0.3) is 0 Å². The van der Waals surface area contributed by atoms with E-state index >= 15 is 0 Å². The van der Waals surface area contributed by atoms with Crippen molar-refractivity contribution in [1.82, 2.24) is 5.32 Å². The van der Waals surface area contributed by atoms with Crippen molar-refractivity contribution in [3.63, 3.8) is 0 Å². The van der Waals surface area contributed by atoms with Gasteiger partial charge in [-0.1, -0.05) is 13.8 Å². The van der Waals surface area contributed by atoms with Crippen LogP contribution in [0, 0.1) is 0 Å². The Morgan fingerprint density at radius 2 is 2.00 bits per heavy atom. The van der Waals surface area contributed by atoms with Gasteiger partial charge in [0.15, 0.2) is 0 Å². The third-order valence-electron chi connectivity index (χ3n) is 1.83. The monoisotopic (exact) mass is 187 g/mol. The van der Waals surface area contributed by atoms with Crippen LogP contribution in [0.1, 0.15) is 33.1 Å². The maximum Gasteiger partial charge on any atom is 0.303 e. The van der Waals surface area contributed by atoms with Crippen LogP contribution in [0.15, 0.2) is 0 Å². The number of hydrogen-bond donors (Lipinski definition) is 2. The molecule has 2 N–H and O–H groups in total. The number of carboxylic acid groups (broad SMARTS) is 1. The van der Waals surface area contributed by atoms with E-state index in [2.05, 4.69) is 5.32 Å².